The molecule has 1 N–H and O–H groups in total. The van der Waals surface area contributed by atoms with Crippen LogP contribution in [0.4, 0.5) is 0 Å². The highest BCUT2D eigenvalue weighted by molar-refractivity contribution is 6.31. The largest absolute Gasteiger partial charge is 0.317 e. The van der Waals surface area contributed by atoms with Gasteiger partial charge in [0.25, 0.3) is 0 Å². The van der Waals surface area contributed by atoms with Crippen LogP contribution in [0.5, 0.6) is 0 Å². The molecule has 0 bridgehead atoms. The van der Waals surface area contributed by atoms with Crippen molar-refractivity contribution in [1.82, 2.24) is 5.32 Å². The monoisotopic (exact) mass is 505 g/mol. The van der Waals surface area contributed by atoms with E-state index in [0.29, 0.717) is 0 Å². The minimum absolute atomic E-state index is 0.760. The first kappa shape index (κ1) is 30.1. The number of nitrogens with one attached hydrogen (secondary N) is 1. The summed E-state index contributed by atoms with van der Waals surface area (Å²) >= 11 is 6.21. The summed E-state index contributed by atoms with van der Waals surface area (Å²) in [7, 11) is 0. The van der Waals surface area contributed by atoms with Gasteiger partial charge in [0.15, 0.2) is 0 Å². The Morgan fingerprint density at radius 3 is 2.03 bits per heavy atom. The third-order valence-corrected chi connectivity index (χ3v) is 7.51. The van der Waals surface area contributed by atoms with E-state index < -0.39 is 0 Å². The lowest BCUT2D eigenvalue weighted by atomic mass is 9.89. The van der Waals surface area contributed by atoms with Crippen molar-refractivity contribution in [3.63, 3.8) is 0 Å². The molecule has 3 aromatic carbocycles. The van der Waals surface area contributed by atoms with Crippen LogP contribution in [0.25, 0.3) is 0 Å². The van der Waals surface area contributed by atoms with E-state index in [1.54, 1.807) is 0 Å². The van der Waals surface area contributed by atoms with Crippen molar-refractivity contribution in [2.75, 3.05) is 13.1 Å². The molecule has 0 aliphatic carbocycles. The van der Waals surface area contributed by atoms with Crippen molar-refractivity contribution in [2.24, 2.45) is 0 Å². The molecule has 1 aliphatic rings. The number of benzene rings is 3. The molecule has 0 aromatic heterocycles. The summed E-state index contributed by atoms with van der Waals surface area (Å²) in [4.78, 5) is 0. The molecule has 196 valence electrons. The Bertz CT molecular complexity index is 986. The Morgan fingerprint density at radius 2 is 1.39 bits per heavy atom. The molecule has 36 heavy (non-hydrogen) atoms. The van der Waals surface area contributed by atoms with Crippen molar-refractivity contribution in [3.05, 3.63) is 105 Å². The van der Waals surface area contributed by atoms with Gasteiger partial charge in [-0.05, 0) is 117 Å². The molecule has 1 saturated heterocycles. The molecular weight excluding hydrogens is 458 g/mol. The van der Waals surface area contributed by atoms with Crippen molar-refractivity contribution in [3.8, 4) is 0 Å². The molecule has 2 heteroatoms. The zero-order valence-corrected chi connectivity index (χ0v) is 24.1. The van der Waals surface area contributed by atoms with Crippen LogP contribution in [0.15, 0.2) is 66.7 Å². The maximum Gasteiger partial charge on any atom is 0.0437 e. The standard InChI is InChI=1S/C22H28ClN.C10H14.C2H6/c23-22-9-5-4-8-21(22)7-3-1-2-6-18-10-12-19(13-11-18)20-14-16-24-17-15-20;1-4-10-6-5-8(2)9(3)7-10;1-2/h4-5,8-13,20,24H,1-3,6-7,14-17H2;5-7H,4H2,1-3H3;1-2H3. The Labute approximate surface area is 226 Å². The molecule has 1 nitrogen and oxygen atoms in total. The molecule has 0 spiro atoms. The fourth-order valence-corrected chi connectivity index (χ4v) is 4.89. The Morgan fingerprint density at radius 1 is 0.750 bits per heavy atom. The van der Waals surface area contributed by atoms with Gasteiger partial charge in [-0.25, -0.2) is 0 Å². The van der Waals surface area contributed by atoms with Gasteiger partial charge in [0, 0.05) is 5.02 Å². The third kappa shape index (κ3) is 10.5. The second kappa shape index (κ2) is 17.4. The van der Waals surface area contributed by atoms with Gasteiger partial charge in [0.1, 0.15) is 0 Å². The summed E-state index contributed by atoms with van der Waals surface area (Å²) < 4.78 is 0. The first-order valence-electron chi connectivity index (χ1n) is 14.2. The first-order valence-corrected chi connectivity index (χ1v) is 14.5. The molecule has 1 heterocycles. The lowest BCUT2D eigenvalue weighted by Gasteiger charge is -2.23. The highest BCUT2D eigenvalue weighted by atomic mass is 35.5. The SMILES string of the molecule is CC.CCc1ccc(C)c(C)c1.Clc1ccccc1CCCCCc1ccc(C2CCNCC2)cc1. The summed E-state index contributed by atoms with van der Waals surface area (Å²) in [5.74, 6) is 0.760. The molecular formula is C34H48ClN. The molecule has 4 rings (SSSR count). The second-order valence-corrected chi connectivity index (χ2v) is 10.1. The van der Waals surface area contributed by atoms with Gasteiger partial charge in [0.05, 0.1) is 0 Å². The average molecular weight is 506 g/mol. The highest BCUT2D eigenvalue weighted by Gasteiger charge is 2.14. The summed E-state index contributed by atoms with van der Waals surface area (Å²) in [5, 5.41) is 4.35. The number of hydrogen-bond donors (Lipinski definition) is 1. The Kier molecular flexibility index (Phi) is 14.5. The van der Waals surface area contributed by atoms with Crippen LogP contribution in [0.2, 0.25) is 5.02 Å². The third-order valence-electron chi connectivity index (χ3n) is 7.14. The number of rotatable bonds is 8. The topological polar surface area (TPSA) is 12.0 Å². The van der Waals surface area contributed by atoms with Gasteiger partial charge in [-0.2, -0.15) is 0 Å². The molecule has 1 fully saturated rings. The van der Waals surface area contributed by atoms with Crippen LogP contribution in [0, 0.1) is 13.8 Å². The van der Waals surface area contributed by atoms with Crippen molar-refractivity contribution < 1.29 is 0 Å². The van der Waals surface area contributed by atoms with Gasteiger partial charge in [0.2, 0.25) is 0 Å². The van der Waals surface area contributed by atoms with Gasteiger partial charge in [-0.1, -0.05) is 99.5 Å². The van der Waals surface area contributed by atoms with Crippen LogP contribution in [-0.2, 0) is 19.3 Å². The van der Waals surface area contributed by atoms with Gasteiger partial charge in [-0.15, -0.1) is 0 Å². The van der Waals surface area contributed by atoms with E-state index in [4.69, 9.17) is 11.6 Å². The number of piperidine rings is 1. The minimum atomic E-state index is 0.760. The van der Waals surface area contributed by atoms with E-state index in [2.05, 4.69) is 80.7 Å². The predicted octanol–water partition coefficient (Wildman–Crippen LogP) is 9.65. The fraction of sp³-hybridized carbons (Fsp3) is 0.471. The lowest BCUT2D eigenvalue weighted by Crippen LogP contribution is -2.26. The van der Waals surface area contributed by atoms with E-state index in [0.717, 1.165) is 36.9 Å². The van der Waals surface area contributed by atoms with Crippen LogP contribution < -0.4 is 5.32 Å². The zero-order chi connectivity index (χ0) is 26.2. The van der Waals surface area contributed by atoms with Crippen molar-refractivity contribution >= 4 is 11.6 Å². The minimum Gasteiger partial charge on any atom is -0.317 e. The molecule has 0 atom stereocenters. The second-order valence-electron chi connectivity index (χ2n) is 9.69. The summed E-state index contributed by atoms with van der Waals surface area (Å²) in [6, 6.07) is 24.2. The Hall–Kier alpha value is -2.09. The molecule has 3 aromatic rings. The van der Waals surface area contributed by atoms with E-state index in [-0.39, 0.29) is 0 Å². The maximum absolute atomic E-state index is 6.21. The summed E-state index contributed by atoms with van der Waals surface area (Å²) in [6.07, 6.45) is 9.72. The molecule has 0 radical (unpaired) electrons. The first-order chi connectivity index (χ1) is 17.6. The van der Waals surface area contributed by atoms with Gasteiger partial charge in [-0.3, -0.25) is 0 Å². The maximum atomic E-state index is 6.21. The van der Waals surface area contributed by atoms with E-state index in [9.17, 15) is 0 Å². The molecule has 0 amide bonds. The highest BCUT2D eigenvalue weighted by Crippen LogP contribution is 2.25. The van der Waals surface area contributed by atoms with Crippen LogP contribution >= 0.6 is 11.6 Å². The van der Waals surface area contributed by atoms with Crippen molar-refractivity contribution in [2.45, 2.75) is 91.9 Å². The average Bonchev–Trinajstić information content (AvgIpc) is 2.93. The molecule has 0 unspecified atom stereocenters. The quantitative estimate of drug-likeness (QED) is 0.300. The van der Waals surface area contributed by atoms with Crippen molar-refractivity contribution in [1.29, 1.82) is 0 Å². The van der Waals surface area contributed by atoms with E-state index >= 15 is 0 Å². The van der Waals surface area contributed by atoms with Gasteiger partial charge >= 0.3 is 0 Å². The number of hydrogen-bond acceptors (Lipinski definition) is 1. The summed E-state index contributed by atoms with van der Waals surface area (Å²) in [6.45, 7) is 12.8. The van der Waals surface area contributed by atoms with Gasteiger partial charge < -0.3 is 5.32 Å². The predicted molar refractivity (Wildman–Crippen MR) is 161 cm³/mol. The van der Waals surface area contributed by atoms with Crippen LogP contribution in [0.1, 0.15) is 92.2 Å². The number of unbranched alkanes of at least 4 members (excludes halogenated alkanes) is 2. The van der Waals surface area contributed by atoms with Crippen LogP contribution in [0.3, 0.4) is 0 Å². The van der Waals surface area contributed by atoms with E-state index in [1.807, 2.05) is 26.0 Å². The zero-order valence-electron chi connectivity index (χ0n) is 23.4. The Balaban J connectivity index is 0.000000318. The molecule has 1 aliphatic heterocycles. The fourth-order valence-electron chi connectivity index (χ4n) is 4.66. The van der Waals surface area contributed by atoms with E-state index in [1.165, 1.54) is 71.9 Å². The smallest absolute Gasteiger partial charge is 0.0437 e. The molecule has 0 saturated carbocycles. The summed E-state index contributed by atoms with van der Waals surface area (Å²) in [5.41, 5.74) is 8.51. The van der Waals surface area contributed by atoms with Crippen LogP contribution in [-0.4, -0.2) is 13.1 Å². The lowest BCUT2D eigenvalue weighted by molar-refractivity contribution is 0.460. The normalized spacial score (nSPS) is 13.3. The number of halogens is 1. The number of aryl methyl sites for hydroxylation is 5.